The molecule has 0 aliphatic heterocycles. The van der Waals surface area contributed by atoms with Gasteiger partial charge in [0.25, 0.3) is 0 Å². The summed E-state index contributed by atoms with van der Waals surface area (Å²) in [5.41, 5.74) is 1.61. The molecule has 11 heteroatoms. The number of ether oxygens (including phenoxy) is 1. The SMILES string of the molecule is CCCc1nc(C)n2c(=O)[nH]c(-c3cc(S(=O)(=O)NCC(O)c4ccccc4)ccc3OCC)nc12. The van der Waals surface area contributed by atoms with Gasteiger partial charge in [0.2, 0.25) is 10.0 Å². The predicted molar refractivity (Wildman–Crippen MR) is 136 cm³/mol. The first-order valence-electron chi connectivity index (χ1n) is 11.7. The number of nitrogens with zero attached hydrogens (tertiary/aromatic N) is 3. The molecule has 0 bridgehead atoms. The van der Waals surface area contributed by atoms with E-state index in [9.17, 15) is 18.3 Å². The minimum atomic E-state index is -3.99. The number of H-pyrrole nitrogens is 1. The number of hydrogen-bond donors (Lipinski definition) is 3. The molecular weight excluding hydrogens is 482 g/mol. The first kappa shape index (κ1) is 25.5. The van der Waals surface area contributed by atoms with Gasteiger partial charge in [0.05, 0.1) is 28.9 Å². The van der Waals surface area contributed by atoms with Crippen molar-refractivity contribution in [3.05, 3.63) is 76.1 Å². The van der Waals surface area contributed by atoms with Gasteiger partial charge in [-0.15, -0.1) is 0 Å². The zero-order valence-corrected chi connectivity index (χ0v) is 21.2. The van der Waals surface area contributed by atoms with Gasteiger partial charge in [-0.1, -0.05) is 43.7 Å². The maximum absolute atomic E-state index is 13.1. The summed E-state index contributed by atoms with van der Waals surface area (Å²) in [5, 5.41) is 10.4. The number of rotatable bonds is 10. The summed E-state index contributed by atoms with van der Waals surface area (Å²) in [6, 6.07) is 13.1. The van der Waals surface area contributed by atoms with Crippen molar-refractivity contribution >= 4 is 15.7 Å². The average Bonchev–Trinajstić information content (AvgIpc) is 3.19. The summed E-state index contributed by atoms with van der Waals surface area (Å²) in [5.74, 6) is 1.08. The molecule has 0 amide bonds. The second kappa shape index (κ2) is 10.6. The van der Waals surface area contributed by atoms with Crippen LogP contribution in [0.4, 0.5) is 0 Å². The highest BCUT2D eigenvalue weighted by Gasteiger charge is 2.21. The van der Waals surface area contributed by atoms with E-state index in [0.29, 0.717) is 47.1 Å². The van der Waals surface area contributed by atoms with Gasteiger partial charge in [0.15, 0.2) is 5.65 Å². The van der Waals surface area contributed by atoms with Crippen LogP contribution in [0.5, 0.6) is 5.75 Å². The van der Waals surface area contributed by atoms with E-state index >= 15 is 0 Å². The molecule has 0 aliphatic carbocycles. The number of aromatic amines is 1. The Kier molecular flexibility index (Phi) is 7.53. The number of aliphatic hydroxyl groups excluding tert-OH is 1. The van der Waals surface area contributed by atoms with Gasteiger partial charge in [-0.2, -0.15) is 0 Å². The number of aliphatic hydroxyl groups is 1. The lowest BCUT2D eigenvalue weighted by atomic mass is 10.1. The molecule has 4 aromatic rings. The maximum atomic E-state index is 13.1. The number of fused-ring (bicyclic) bond motifs is 1. The number of sulfonamides is 1. The van der Waals surface area contributed by atoms with Gasteiger partial charge in [-0.25, -0.2) is 32.3 Å². The molecule has 0 radical (unpaired) electrons. The standard InChI is InChI=1S/C25H29N5O5S/c1-4-9-20-24-28-23(29-25(32)30(24)16(3)27-20)19-14-18(12-13-22(19)35-5-2)36(33,34)26-15-21(31)17-10-7-6-8-11-17/h6-8,10-14,21,26,31H,4-5,9,15H2,1-3H3,(H,28,29,32). The molecule has 1 atom stereocenters. The maximum Gasteiger partial charge on any atom is 0.334 e. The summed E-state index contributed by atoms with van der Waals surface area (Å²) in [7, 11) is -3.99. The van der Waals surface area contributed by atoms with Gasteiger partial charge >= 0.3 is 5.69 Å². The third-order valence-electron chi connectivity index (χ3n) is 5.69. The van der Waals surface area contributed by atoms with Gasteiger partial charge in [0.1, 0.15) is 17.4 Å². The molecule has 36 heavy (non-hydrogen) atoms. The number of hydrogen-bond acceptors (Lipinski definition) is 7. The Labute approximate surface area is 209 Å². The van der Waals surface area contributed by atoms with Crippen molar-refractivity contribution in [1.29, 1.82) is 0 Å². The third kappa shape index (κ3) is 5.18. The molecule has 190 valence electrons. The second-order valence-corrected chi connectivity index (χ2v) is 10.0. The monoisotopic (exact) mass is 511 g/mol. The highest BCUT2D eigenvalue weighted by Crippen LogP contribution is 2.31. The van der Waals surface area contributed by atoms with E-state index in [1.807, 2.05) is 13.0 Å². The molecule has 2 aromatic heterocycles. The number of nitrogens with one attached hydrogen (secondary N) is 2. The third-order valence-corrected chi connectivity index (χ3v) is 7.11. The summed E-state index contributed by atoms with van der Waals surface area (Å²) in [6.07, 6.45) is 0.466. The van der Waals surface area contributed by atoms with Gasteiger partial charge in [-0.05, 0) is 44.0 Å². The Hall–Kier alpha value is -3.54. The van der Waals surface area contributed by atoms with Crippen LogP contribution in [0.15, 0.2) is 58.2 Å². The van der Waals surface area contributed by atoms with E-state index in [4.69, 9.17) is 4.74 Å². The Morgan fingerprint density at radius 1 is 1.14 bits per heavy atom. The fourth-order valence-electron chi connectivity index (χ4n) is 3.97. The Balaban J connectivity index is 1.74. The summed E-state index contributed by atoms with van der Waals surface area (Å²) < 4.78 is 35.7. The molecule has 2 aromatic carbocycles. The van der Waals surface area contributed by atoms with Crippen LogP contribution in [0.2, 0.25) is 0 Å². The zero-order chi connectivity index (χ0) is 25.9. The number of imidazole rings is 1. The lowest BCUT2D eigenvalue weighted by molar-refractivity contribution is 0.182. The molecule has 1 unspecified atom stereocenters. The number of benzene rings is 2. The predicted octanol–water partition coefficient (Wildman–Crippen LogP) is 2.76. The van der Waals surface area contributed by atoms with Crippen LogP contribution in [-0.4, -0.2) is 46.0 Å². The van der Waals surface area contributed by atoms with E-state index in [1.165, 1.54) is 22.6 Å². The molecule has 0 saturated heterocycles. The van der Waals surface area contributed by atoms with Crippen LogP contribution in [0, 0.1) is 6.92 Å². The molecule has 0 fully saturated rings. The molecular formula is C25H29N5O5S. The Morgan fingerprint density at radius 2 is 1.89 bits per heavy atom. The summed E-state index contributed by atoms with van der Waals surface area (Å²) in [6.45, 7) is 5.68. The number of aromatic nitrogens is 4. The van der Waals surface area contributed by atoms with E-state index < -0.39 is 21.8 Å². The average molecular weight is 512 g/mol. The van der Waals surface area contributed by atoms with Gasteiger partial charge in [0, 0.05) is 6.54 Å². The van der Waals surface area contributed by atoms with Crippen molar-refractivity contribution in [3.63, 3.8) is 0 Å². The Bertz CT molecular complexity index is 1530. The molecule has 4 rings (SSSR count). The first-order valence-corrected chi connectivity index (χ1v) is 13.2. The van der Waals surface area contributed by atoms with Crippen molar-refractivity contribution in [2.75, 3.05) is 13.2 Å². The molecule has 0 saturated carbocycles. The Morgan fingerprint density at radius 3 is 2.58 bits per heavy atom. The fraction of sp³-hybridized carbons (Fsp3) is 0.320. The van der Waals surface area contributed by atoms with Crippen LogP contribution in [0.1, 0.15) is 43.5 Å². The highest BCUT2D eigenvalue weighted by molar-refractivity contribution is 7.89. The summed E-state index contributed by atoms with van der Waals surface area (Å²) >= 11 is 0. The van der Waals surface area contributed by atoms with Crippen molar-refractivity contribution in [2.45, 2.75) is 44.6 Å². The van der Waals surface area contributed by atoms with Crippen LogP contribution in [-0.2, 0) is 16.4 Å². The van der Waals surface area contributed by atoms with Gasteiger partial charge in [-0.3, -0.25) is 4.98 Å². The number of aryl methyl sites for hydroxylation is 2. The topological polar surface area (TPSA) is 139 Å². The van der Waals surface area contributed by atoms with E-state index in [1.54, 1.807) is 38.1 Å². The molecule has 2 heterocycles. The van der Waals surface area contributed by atoms with Gasteiger partial charge < -0.3 is 9.84 Å². The van der Waals surface area contributed by atoms with Crippen molar-refractivity contribution in [2.24, 2.45) is 0 Å². The highest BCUT2D eigenvalue weighted by atomic mass is 32.2. The quantitative estimate of drug-likeness (QED) is 0.298. The first-order chi connectivity index (χ1) is 17.2. The molecule has 0 spiro atoms. The van der Waals surface area contributed by atoms with E-state index in [2.05, 4.69) is 19.7 Å². The van der Waals surface area contributed by atoms with Crippen LogP contribution in [0.25, 0.3) is 17.0 Å². The van der Waals surface area contributed by atoms with Crippen molar-refractivity contribution in [1.82, 2.24) is 24.1 Å². The molecule has 10 nitrogen and oxygen atoms in total. The van der Waals surface area contributed by atoms with Crippen molar-refractivity contribution < 1.29 is 18.3 Å². The van der Waals surface area contributed by atoms with Crippen LogP contribution < -0.4 is 15.1 Å². The molecule has 0 aliphatic rings. The lowest BCUT2D eigenvalue weighted by Gasteiger charge is -2.15. The minimum Gasteiger partial charge on any atom is -0.493 e. The smallest absolute Gasteiger partial charge is 0.334 e. The fourth-order valence-corrected chi connectivity index (χ4v) is 5.03. The zero-order valence-electron chi connectivity index (χ0n) is 20.4. The lowest BCUT2D eigenvalue weighted by Crippen LogP contribution is -2.28. The minimum absolute atomic E-state index is 0.0535. The summed E-state index contributed by atoms with van der Waals surface area (Å²) in [4.78, 5) is 24.7. The van der Waals surface area contributed by atoms with Crippen molar-refractivity contribution in [3.8, 4) is 17.1 Å². The second-order valence-electron chi connectivity index (χ2n) is 8.27. The van der Waals surface area contributed by atoms with E-state index in [0.717, 1.165) is 6.42 Å². The molecule has 3 N–H and O–H groups in total. The van der Waals surface area contributed by atoms with E-state index in [-0.39, 0.29) is 17.3 Å². The largest absolute Gasteiger partial charge is 0.493 e. The van der Waals surface area contributed by atoms with Crippen LogP contribution >= 0.6 is 0 Å². The van der Waals surface area contributed by atoms with Crippen LogP contribution in [0.3, 0.4) is 0 Å². The normalized spacial score (nSPS) is 12.7.